The van der Waals surface area contributed by atoms with Gasteiger partial charge >= 0.3 is 0 Å². The summed E-state index contributed by atoms with van der Waals surface area (Å²) < 4.78 is 5.55. The summed E-state index contributed by atoms with van der Waals surface area (Å²) in [5.74, 6) is 0.809. The van der Waals surface area contributed by atoms with Crippen molar-refractivity contribution in [3.05, 3.63) is 29.8 Å². The minimum Gasteiger partial charge on any atom is -0.493 e. The SMILES string of the molecule is CCOc1ccccc1C(O)CCCC(C)(C)C. The van der Waals surface area contributed by atoms with Gasteiger partial charge in [-0.1, -0.05) is 45.4 Å². The standard InChI is InChI=1S/C16H26O2/c1-5-18-15-11-7-6-9-13(15)14(17)10-8-12-16(2,3)4/h6-7,9,11,14,17H,5,8,10,12H2,1-4H3. The third-order valence-corrected chi connectivity index (χ3v) is 2.98. The van der Waals surface area contributed by atoms with Crippen LogP contribution >= 0.6 is 0 Å². The second-order valence-electron chi connectivity index (χ2n) is 5.94. The molecule has 1 rings (SSSR count). The molecular formula is C16H26O2. The minimum atomic E-state index is -0.421. The maximum Gasteiger partial charge on any atom is 0.125 e. The molecule has 0 radical (unpaired) electrons. The van der Waals surface area contributed by atoms with Crippen molar-refractivity contribution in [2.45, 2.75) is 53.1 Å². The zero-order chi connectivity index (χ0) is 13.6. The zero-order valence-electron chi connectivity index (χ0n) is 12.1. The Kier molecular flexibility index (Phi) is 5.67. The summed E-state index contributed by atoms with van der Waals surface area (Å²) in [5.41, 5.74) is 1.24. The van der Waals surface area contributed by atoms with Crippen LogP contribution in [0.1, 0.15) is 58.6 Å². The summed E-state index contributed by atoms with van der Waals surface area (Å²) in [5, 5.41) is 10.2. The summed E-state index contributed by atoms with van der Waals surface area (Å²) in [6.07, 6.45) is 2.53. The maximum absolute atomic E-state index is 10.2. The highest BCUT2D eigenvalue weighted by molar-refractivity contribution is 5.34. The molecule has 2 heteroatoms. The molecule has 0 aliphatic rings. The van der Waals surface area contributed by atoms with Crippen molar-refractivity contribution in [1.29, 1.82) is 0 Å². The lowest BCUT2D eigenvalue weighted by Crippen LogP contribution is -2.07. The van der Waals surface area contributed by atoms with Crippen LogP contribution in [0.5, 0.6) is 5.75 Å². The first-order valence-electron chi connectivity index (χ1n) is 6.84. The summed E-state index contributed by atoms with van der Waals surface area (Å²) in [6.45, 7) is 9.28. The summed E-state index contributed by atoms with van der Waals surface area (Å²) >= 11 is 0. The second-order valence-corrected chi connectivity index (χ2v) is 5.94. The van der Waals surface area contributed by atoms with Crippen LogP contribution in [0.15, 0.2) is 24.3 Å². The molecule has 18 heavy (non-hydrogen) atoms. The van der Waals surface area contributed by atoms with Gasteiger partial charge in [0.25, 0.3) is 0 Å². The molecule has 102 valence electrons. The molecule has 2 nitrogen and oxygen atoms in total. The number of benzene rings is 1. The Balaban J connectivity index is 2.58. The van der Waals surface area contributed by atoms with Gasteiger partial charge in [-0.3, -0.25) is 0 Å². The van der Waals surface area contributed by atoms with Crippen molar-refractivity contribution in [3.63, 3.8) is 0 Å². The molecule has 0 saturated heterocycles. The van der Waals surface area contributed by atoms with Crippen molar-refractivity contribution in [3.8, 4) is 5.75 Å². The summed E-state index contributed by atoms with van der Waals surface area (Å²) in [4.78, 5) is 0. The molecule has 0 amide bonds. The van der Waals surface area contributed by atoms with E-state index in [1.807, 2.05) is 31.2 Å². The summed E-state index contributed by atoms with van der Waals surface area (Å²) in [7, 11) is 0. The van der Waals surface area contributed by atoms with Crippen molar-refractivity contribution < 1.29 is 9.84 Å². The highest BCUT2D eigenvalue weighted by Gasteiger charge is 2.15. The smallest absolute Gasteiger partial charge is 0.125 e. The third kappa shape index (κ3) is 5.09. The Bertz CT molecular complexity index is 352. The molecule has 0 bridgehead atoms. The number of rotatable bonds is 6. The van der Waals surface area contributed by atoms with Gasteiger partial charge in [-0.05, 0) is 31.2 Å². The Morgan fingerprint density at radius 1 is 1.22 bits per heavy atom. The fourth-order valence-corrected chi connectivity index (χ4v) is 2.02. The van der Waals surface area contributed by atoms with Crippen molar-refractivity contribution in [2.75, 3.05) is 6.61 Å². The van der Waals surface area contributed by atoms with E-state index in [1.165, 1.54) is 0 Å². The topological polar surface area (TPSA) is 29.5 Å². The summed E-state index contributed by atoms with van der Waals surface area (Å²) in [6, 6.07) is 7.76. The van der Waals surface area contributed by atoms with E-state index in [0.717, 1.165) is 30.6 Å². The average molecular weight is 250 g/mol. The average Bonchev–Trinajstić information content (AvgIpc) is 2.28. The molecule has 0 spiro atoms. The van der Waals surface area contributed by atoms with Gasteiger partial charge in [0.2, 0.25) is 0 Å². The predicted octanol–water partition coefficient (Wildman–Crippen LogP) is 4.34. The number of ether oxygens (including phenoxy) is 1. The molecule has 0 aliphatic carbocycles. The number of para-hydroxylation sites is 1. The second kappa shape index (κ2) is 6.79. The lowest BCUT2D eigenvalue weighted by Gasteiger charge is -2.20. The van der Waals surface area contributed by atoms with E-state index in [-0.39, 0.29) is 0 Å². The minimum absolute atomic E-state index is 0.332. The van der Waals surface area contributed by atoms with E-state index in [4.69, 9.17) is 4.74 Å². The first-order valence-corrected chi connectivity index (χ1v) is 6.84. The lowest BCUT2D eigenvalue weighted by atomic mass is 9.88. The molecule has 0 saturated carbocycles. The van der Waals surface area contributed by atoms with Crippen LogP contribution in [0.2, 0.25) is 0 Å². The van der Waals surface area contributed by atoms with E-state index in [0.29, 0.717) is 12.0 Å². The first-order chi connectivity index (χ1) is 8.44. The number of hydrogen-bond donors (Lipinski definition) is 1. The van der Waals surface area contributed by atoms with E-state index >= 15 is 0 Å². The highest BCUT2D eigenvalue weighted by atomic mass is 16.5. The van der Waals surface area contributed by atoms with Crippen molar-refractivity contribution in [2.24, 2.45) is 5.41 Å². The van der Waals surface area contributed by atoms with Crippen molar-refractivity contribution >= 4 is 0 Å². The van der Waals surface area contributed by atoms with E-state index in [9.17, 15) is 5.11 Å². The third-order valence-electron chi connectivity index (χ3n) is 2.98. The van der Waals surface area contributed by atoms with E-state index in [2.05, 4.69) is 20.8 Å². The van der Waals surface area contributed by atoms with Gasteiger partial charge < -0.3 is 9.84 Å². The van der Waals surface area contributed by atoms with Gasteiger partial charge in [-0.2, -0.15) is 0 Å². The fourth-order valence-electron chi connectivity index (χ4n) is 2.02. The van der Waals surface area contributed by atoms with Crippen LogP contribution in [0.3, 0.4) is 0 Å². The highest BCUT2D eigenvalue weighted by Crippen LogP contribution is 2.30. The van der Waals surface area contributed by atoms with Crippen LogP contribution in [-0.2, 0) is 0 Å². The molecular weight excluding hydrogens is 224 g/mol. The van der Waals surface area contributed by atoms with Gasteiger partial charge in [0, 0.05) is 5.56 Å². The molecule has 0 aromatic heterocycles. The van der Waals surface area contributed by atoms with Gasteiger partial charge in [0.05, 0.1) is 12.7 Å². The van der Waals surface area contributed by atoms with E-state index < -0.39 is 6.10 Å². The molecule has 1 atom stereocenters. The number of aliphatic hydroxyl groups excluding tert-OH is 1. The lowest BCUT2D eigenvalue weighted by molar-refractivity contribution is 0.153. The zero-order valence-corrected chi connectivity index (χ0v) is 12.1. The molecule has 1 aromatic rings. The van der Waals surface area contributed by atoms with Crippen LogP contribution in [0.4, 0.5) is 0 Å². The molecule has 1 N–H and O–H groups in total. The largest absolute Gasteiger partial charge is 0.493 e. The van der Waals surface area contributed by atoms with Crippen LogP contribution in [0.25, 0.3) is 0 Å². The Morgan fingerprint density at radius 3 is 2.50 bits per heavy atom. The Morgan fingerprint density at radius 2 is 1.89 bits per heavy atom. The van der Waals surface area contributed by atoms with Crippen molar-refractivity contribution in [1.82, 2.24) is 0 Å². The Hall–Kier alpha value is -1.02. The number of aliphatic hydroxyl groups is 1. The van der Waals surface area contributed by atoms with Gasteiger partial charge in [-0.25, -0.2) is 0 Å². The molecule has 0 heterocycles. The normalized spacial score (nSPS) is 13.4. The van der Waals surface area contributed by atoms with Crippen LogP contribution in [0, 0.1) is 5.41 Å². The fraction of sp³-hybridized carbons (Fsp3) is 0.625. The van der Waals surface area contributed by atoms with Crippen LogP contribution < -0.4 is 4.74 Å². The maximum atomic E-state index is 10.2. The molecule has 0 aliphatic heterocycles. The van der Waals surface area contributed by atoms with Gasteiger partial charge in [0.15, 0.2) is 0 Å². The molecule has 0 fully saturated rings. The number of hydrogen-bond acceptors (Lipinski definition) is 2. The monoisotopic (exact) mass is 250 g/mol. The van der Waals surface area contributed by atoms with Gasteiger partial charge in [-0.15, -0.1) is 0 Å². The van der Waals surface area contributed by atoms with Crippen LogP contribution in [-0.4, -0.2) is 11.7 Å². The van der Waals surface area contributed by atoms with Gasteiger partial charge in [0.1, 0.15) is 5.75 Å². The molecule has 1 aromatic carbocycles. The first kappa shape index (κ1) is 15.0. The molecule has 1 unspecified atom stereocenters. The Labute approximate surface area is 111 Å². The van der Waals surface area contributed by atoms with E-state index in [1.54, 1.807) is 0 Å². The predicted molar refractivity (Wildman–Crippen MR) is 75.9 cm³/mol. The quantitative estimate of drug-likeness (QED) is 0.814.